The van der Waals surface area contributed by atoms with Gasteiger partial charge in [0.25, 0.3) is 0 Å². The van der Waals surface area contributed by atoms with Crippen LogP contribution < -0.4 is 11.5 Å². The molecule has 1 atom stereocenters. The van der Waals surface area contributed by atoms with Gasteiger partial charge < -0.3 is 11.5 Å². The highest BCUT2D eigenvalue weighted by molar-refractivity contribution is 4.98. The number of nitrogens with two attached hydrogens (primary N) is 2. The molecule has 2 rings (SSSR count). The van der Waals surface area contributed by atoms with E-state index in [4.69, 9.17) is 11.5 Å². The lowest BCUT2D eigenvalue weighted by atomic mass is 9.63. The molecule has 0 aromatic rings. The summed E-state index contributed by atoms with van der Waals surface area (Å²) in [7, 11) is 0. The third-order valence-electron chi connectivity index (χ3n) is 4.72. The van der Waals surface area contributed by atoms with Crippen LogP contribution in [-0.4, -0.2) is 11.6 Å². The topological polar surface area (TPSA) is 52.0 Å². The minimum Gasteiger partial charge on any atom is -0.328 e. The molecule has 0 radical (unpaired) electrons. The van der Waals surface area contributed by atoms with Crippen molar-refractivity contribution >= 4 is 0 Å². The van der Waals surface area contributed by atoms with Crippen LogP contribution in [0.4, 0.5) is 0 Å². The van der Waals surface area contributed by atoms with Gasteiger partial charge in [0.2, 0.25) is 0 Å². The van der Waals surface area contributed by atoms with E-state index in [1.165, 1.54) is 19.3 Å². The van der Waals surface area contributed by atoms with Gasteiger partial charge in [-0.25, -0.2) is 0 Å². The predicted molar refractivity (Wildman–Crippen MR) is 59.9 cm³/mol. The predicted octanol–water partition coefficient (Wildman–Crippen LogP) is 2.02. The lowest BCUT2D eigenvalue weighted by Crippen LogP contribution is -2.53. The molecule has 0 aromatic heterocycles. The second kappa shape index (κ2) is 3.82. The molecule has 4 N–H and O–H groups in total. The van der Waals surface area contributed by atoms with Gasteiger partial charge in [0.1, 0.15) is 0 Å². The first-order valence-corrected chi connectivity index (χ1v) is 6.16. The summed E-state index contributed by atoms with van der Waals surface area (Å²) in [6, 6.07) is 0.417. The highest BCUT2D eigenvalue weighted by Gasteiger charge is 2.40. The van der Waals surface area contributed by atoms with E-state index in [-0.39, 0.29) is 5.54 Å². The molecule has 2 aliphatic rings. The summed E-state index contributed by atoms with van der Waals surface area (Å²) in [4.78, 5) is 0. The monoisotopic (exact) mass is 196 g/mol. The highest BCUT2D eigenvalue weighted by Crippen LogP contribution is 2.42. The zero-order chi connectivity index (χ0) is 10.2. The normalized spacial score (nSPS) is 41.8. The number of rotatable bonds is 2. The molecule has 0 spiro atoms. The maximum absolute atomic E-state index is 6.52. The Morgan fingerprint density at radius 1 is 1.14 bits per heavy atom. The smallest absolute Gasteiger partial charge is 0.0184 e. The van der Waals surface area contributed by atoms with Gasteiger partial charge >= 0.3 is 0 Å². The molecule has 0 aromatic carbocycles. The van der Waals surface area contributed by atoms with Crippen LogP contribution in [0.15, 0.2) is 0 Å². The van der Waals surface area contributed by atoms with E-state index in [2.05, 4.69) is 6.92 Å². The van der Waals surface area contributed by atoms with Crippen molar-refractivity contribution in [1.29, 1.82) is 0 Å². The Kier molecular flexibility index (Phi) is 2.85. The fourth-order valence-electron chi connectivity index (χ4n) is 3.04. The molecule has 1 unspecified atom stereocenters. The van der Waals surface area contributed by atoms with E-state index in [0.29, 0.717) is 12.0 Å². The van der Waals surface area contributed by atoms with Gasteiger partial charge in [0.15, 0.2) is 0 Å². The molecule has 14 heavy (non-hydrogen) atoms. The van der Waals surface area contributed by atoms with E-state index in [1.54, 1.807) is 0 Å². The van der Waals surface area contributed by atoms with Crippen molar-refractivity contribution in [2.24, 2.45) is 23.3 Å². The SMILES string of the molecule is CC(C1CCC1)C1(N)CCC(N)CC1. The number of hydrogen-bond donors (Lipinski definition) is 2. The molecule has 2 aliphatic carbocycles. The van der Waals surface area contributed by atoms with E-state index in [0.717, 1.165) is 31.6 Å². The van der Waals surface area contributed by atoms with Gasteiger partial charge in [0, 0.05) is 11.6 Å². The average Bonchev–Trinajstić information content (AvgIpc) is 2.07. The second-order valence-electron chi connectivity index (χ2n) is 5.55. The summed E-state index contributed by atoms with van der Waals surface area (Å²) in [5.41, 5.74) is 12.6. The quantitative estimate of drug-likeness (QED) is 0.710. The van der Waals surface area contributed by atoms with Crippen molar-refractivity contribution in [3.05, 3.63) is 0 Å². The molecule has 0 heterocycles. The van der Waals surface area contributed by atoms with Gasteiger partial charge in [-0.05, 0) is 37.5 Å². The lowest BCUT2D eigenvalue weighted by molar-refractivity contribution is 0.0984. The summed E-state index contributed by atoms with van der Waals surface area (Å²) < 4.78 is 0. The van der Waals surface area contributed by atoms with E-state index in [9.17, 15) is 0 Å². The van der Waals surface area contributed by atoms with Crippen molar-refractivity contribution in [3.63, 3.8) is 0 Å². The third-order valence-corrected chi connectivity index (χ3v) is 4.72. The minimum absolute atomic E-state index is 0.112. The van der Waals surface area contributed by atoms with Crippen LogP contribution in [0.1, 0.15) is 51.9 Å². The van der Waals surface area contributed by atoms with Gasteiger partial charge in [-0.2, -0.15) is 0 Å². The molecule has 2 saturated carbocycles. The zero-order valence-electron chi connectivity index (χ0n) is 9.34. The molecule has 0 aliphatic heterocycles. The first-order chi connectivity index (χ1) is 6.62. The van der Waals surface area contributed by atoms with Crippen LogP contribution in [-0.2, 0) is 0 Å². The van der Waals surface area contributed by atoms with E-state index >= 15 is 0 Å². The summed E-state index contributed by atoms with van der Waals surface area (Å²) in [5.74, 6) is 1.62. The maximum atomic E-state index is 6.52. The molecular formula is C12H24N2. The summed E-state index contributed by atoms with van der Waals surface area (Å²) in [6.45, 7) is 2.36. The standard InChI is InChI=1S/C12H24N2/c1-9(10-3-2-4-10)12(14)7-5-11(13)6-8-12/h9-11H,2-8,13-14H2,1H3. The Labute approximate surface area is 87.4 Å². The van der Waals surface area contributed by atoms with Gasteiger partial charge in [-0.1, -0.05) is 26.2 Å². The van der Waals surface area contributed by atoms with Crippen molar-refractivity contribution in [2.75, 3.05) is 0 Å². The minimum atomic E-state index is 0.112. The van der Waals surface area contributed by atoms with Crippen LogP contribution in [0.25, 0.3) is 0 Å². The molecule has 2 nitrogen and oxygen atoms in total. The molecule has 0 amide bonds. The van der Waals surface area contributed by atoms with Crippen LogP contribution in [0.2, 0.25) is 0 Å². The van der Waals surface area contributed by atoms with Crippen molar-refractivity contribution in [2.45, 2.75) is 63.5 Å². The van der Waals surface area contributed by atoms with E-state index in [1.807, 2.05) is 0 Å². The molecular weight excluding hydrogens is 172 g/mol. The lowest BCUT2D eigenvalue weighted by Gasteiger charge is -2.46. The van der Waals surface area contributed by atoms with Crippen molar-refractivity contribution in [1.82, 2.24) is 0 Å². The van der Waals surface area contributed by atoms with Gasteiger partial charge in [-0.3, -0.25) is 0 Å². The van der Waals surface area contributed by atoms with Crippen LogP contribution >= 0.6 is 0 Å². The molecule has 2 heteroatoms. The maximum Gasteiger partial charge on any atom is 0.0184 e. The Bertz CT molecular complexity index is 190. The molecule has 82 valence electrons. The molecule has 0 bridgehead atoms. The zero-order valence-corrected chi connectivity index (χ0v) is 9.34. The highest BCUT2D eigenvalue weighted by atomic mass is 14.8. The second-order valence-corrected chi connectivity index (χ2v) is 5.55. The van der Waals surface area contributed by atoms with Crippen LogP contribution in [0, 0.1) is 11.8 Å². The van der Waals surface area contributed by atoms with Crippen molar-refractivity contribution in [3.8, 4) is 0 Å². The Hall–Kier alpha value is -0.0800. The Morgan fingerprint density at radius 2 is 1.71 bits per heavy atom. The Balaban J connectivity index is 1.93. The fourth-order valence-corrected chi connectivity index (χ4v) is 3.04. The largest absolute Gasteiger partial charge is 0.328 e. The van der Waals surface area contributed by atoms with Gasteiger partial charge in [0.05, 0.1) is 0 Å². The summed E-state index contributed by atoms with van der Waals surface area (Å²) >= 11 is 0. The molecule has 0 saturated heterocycles. The first-order valence-electron chi connectivity index (χ1n) is 6.16. The summed E-state index contributed by atoms with van der Waals surface area (Å²) in [6.07, 6.45) is 8.79. The van der Waals surface area contributed by atoms with Crippen LogP contribution in [0.5, 0.6) is 0 Å². The average molecular weight is 196 g/mol. The van der Waals surface area contributed by atoms with Crippen LogP contribution in [0.3, 0.4) is 0 Å². The first kappa shape index (κ1) is 10.4. The van der Waals surface area contributed by atoms with Gasteiger partial charge in [-0.15, -0.1) is 0 Å². The molecule has 2 fully saturated rings. The van der Waals surface area contributed by atoms with E-state index < -0.39 is 0 Å². The third kappa shape index (κ3) is 1.82. The van der Waals surface area contributed by atoms with Crippen molar-refractivity contribution < 1.29 is 0 Å². The Morgan fingerprint density at radius 3 is 2.14 bits per heavy atom. The summed E-state index contributed by atoms with van der Waals surface area (Å²) in [5, 5.41) is 0. The fraction of sp³-hybridized carbons (Fsp3) is 1.00. The number of hydrogen-bond acceptors (Lipinski definition) is 2.